The summed E-state index contributed by atoms with van der Waals surface area (Å²) in [7, 11) is 0. The minimum absolute atomic E-state index is 0.847. The topological polar surface area (TPSA) is 0 Å². The quantitative estimate of drug-likeness (QED) is 0.488. The molecule has 0 bridgehead atoms. The standard InChI is InChI=1S/C8H14.C2H6/c1-3-8-5-4-7(2)6-8;1-2/h4-5,7-8H,3,6H2,1-2H3;1-2H3. The van der Waals surface area contributed by atoms with E-state index in [1.807, 2.05) is 13.8 Å². The predicted octanol–water partition coefficient (Wildman–Crippen LogP) is 3.63. The Bertz CT molecular complexity index is 92.2. The Labute approximate surface area is 65.3 Å². The Hall–Kier alpha value is -0.260. The van der Waals surface area contributed by atoms with Crippen molar-refractivity contribution < 1.29 is 0 Å². The average Bonchev–Trinajstić information content (AvgIpc) is 2.40. The molecule has 2 unspecified atom stereocenters. The molecule has 0 aromatic carbocycles. The second-order valence-electron chi connectivity index (χ2n) is 2.77. The smallest absolute Gasteiger partial charge is 0.0231 e. The highest BCUT2D eigenvalue weighted by molar-refractivity contribution is 4.99. The van der Waals surface area contributed by atoms with Crippen LogP contribution in [0.5, 0.6) is 0 Å². The van der Waals surface area contributed by atoms with E-state index in [4.69, 9.17) is 0 Å². The first-order valence-electron chi connectivity index (χ1n) is 4.51. The molecule has 0 aromatic rings. The summed E-state index contributed by atoms with van der Waals surface area (Å²) in [6.07, 6.45) is 7.39. The summed E-state index contributed by atoms with van der Waals surface area (Å²) in [6.45, 7) is 8.54. The fourth-order valence-corrected chi connectivity index (χ4v) is 1.28. The monoisotopic (exact) mass is 140 g/mol. The minimum atomic E-state index is 0.847. The van der Waals surface area contributed by atoms with Crippen LogP contribution in [-0.4, -0.2) is 0 Å². The van der Waals surface area contributed by atoms with Gasteiger partial charge in [0.2, 0.25) is 0 Å². The molecule has 0 radical (unpaired) electrons. The molecule has 0 nitrogen and oxygen atoms in total. The fraction of sp³-hybridized carbons (Fsp3) is 0.800. The summed E-state index contributed by atoms with van der Waals surface area (Å²) in [6, 6.07) is 0. The molecule has 60 valence electrons. The van der Waals surface area contributed by atoms with Crippen LogP contribution in [0, 0.1) is 11.8 Å². The number of hydrogen-bond donors (Lipinski definition) is 0. The lowest BCUT2D eigenvalue weighted by Gasteiger charge is -2.02. The molecule has 0 heterocycles. The van der Waals surface area contributed by atoms with E-state index in [1.54, 1.807) is 0 Å². The van der Waals surface area contributed by atoms with Crippen molar-refractivity contribution in [3.63, 3.8) is 0 Å². The van der Waals surface area contributed by atoms with Crippen molar-refractivity contribution >= 4 is 0 Å². The molecule has 1 aliphatic carbocycles. The molecule has 0 saturated heterocycles. The summed E-state index contributed by atoms with van der Waals surface area (Å²) in [5.74, 6) is 1.74. The largest absolute Gasteiger partial charge is 0.0854 e. The average molecular weight is 140 g/mol. The van der Waals surface area contributed by atoms with E-state index in [9.17, 15) is 0 Å². The third-order valence-electron chi connectivity index (χ3n) is 1.91. The molecule has 2 atom stereocenters. The Morgan fingerprint density at radius 3 is 2.10 bits per heavy atom. The van der Waals surface area contributed by atoms with Gasteiger partial charge in [-0.25, -0.2) is 0 Å². The second-order valence-corrected chi connectivity index (χ2v) is 2.77. The van der Waals surface area contributed by atoms with Crippen LogP contribution in [0.2, 0.25) is 0 Å². The van der Waals surface area contributed by atoms with E-state index in [0.717, 1.165) is 11.8 Å². The van der Waals surface area contributed by atoms with Gasteiger partial charge in [-0.15, -0.1) is 0 Å². The van der Waals surface area contributed by atoms with Crippen molar-refractivity contribution in [2.24, 2.45) is 11.8 Å². The van der Waals surface area contributed by atoms with Crippen molar-refractivity contribution in [2.45, 2.75) is 40.5 Å². The lowest BCUT2D eigenvalue weighted by Crippen LogP contribution is -1.91. The van der Waals surface area contributed by atoms with Crippen molar-refractivity contribution in [2.75, 3.05) is 0 Å². The maximum absolute atomic E-state index is 2.35. The van der Waals surface area contributed by atoms with Gasteiger partial charge in [0.25, 0.3) is 0 Å². The zero-order chi connectivity index (χ0) is 7.98. The third-order valence-corrected chi connectivity index (χ3v) is 1.91. The summed E-state index contributed by atoms with van der Waals surface area (Å²) >= 11 is 0. The van der Waals surface area contributed by atoms with Gasteiger partial charge in [0.05, 0.1) is 0 Å². The molecule has 0 saturated carbocycles. The predicted molar refractivity (Wildman–Crippen MR) is 48.1 cm³/mol. The van der Waals surface area contributed by atoms with E-state index < -0.39 is 0 Å². The molecule has 0 aromatic heterocycles. The molecule has 0 amide bonds. The molecule has 1 rings (SSSR count). The number of hydrogen-bond acceptors (Lipinski definition) is 0. The molecular formula is C10H20. The Morgan fingerprint density at radius 1 is 1.30 bits per heavy atom. The van der Waals surface area contributed by atoms with Crippen LogP contribution in [-0.2, 0) is 0 Å². The first-order valence-corrected chi connectivity index (χ1v) is 4.51. The van der Waals surface area contributed by atoms with Crippen molar-refractivity contribution in [3.05, 3.63) is 12.2 Å². The van der Waals surface area contributed by atoms with Gasteiger partial charge in [0.15, 0.2) is 0 Å². The molecule has 0 spiro atoms. The van der Waals surface area contributed by atoms with Crippen LogP contribution in [0.3, 0.4) is 0 Å². The molecule has 0 N–H and O–H groups in total. The minimum Gasteiger partial charge on any atom is -0.0854 e. The zero-order valence-corrected chi connectivity index (χ0v) is 7.72. The van der Waals surface area contributed by atoms with Gasteiger partial charge in [-0.05, 0) is 24.7 Å². The molecule has 0 aliphatic heterocycles. The van der Waals surface area contributed by atoms with Gasteiger partial charge in [0, 0.05) is 0 Å². The van der Waals surface area contributed by atoms with Crippen LogP contribution in [0.4, 0.5) is 0 Å². The Balaban J connectivity index is 0.000000371. The van der Waals surface area contributed by atoms with Crippen LogP contribution >= 0.6 is 0 Å². The summed E-state index contributed by atoms with van der Waals surface area (Å²) < 4.78 is 0. The number of allylic oxidation sites excluding steroid dienone is 2. The van der Waals surface area contributed by atoms with Crippen LogP contribution < -0.4 is 0 Å². The van der Waals surface area contributed by atoms with Crippen LogP contribution in [0.1, 0.15) is 40.5 Å². The van der Waals surface area contributed by atoms with Crippen LogP contribution in [0.15, 0.2) is 12.2 Å². The molecule has 1 aliphatic rings. The lowest BCUT2D eigenvalue weighted by molar-refractivity contribution is 0.538. The van der Waals surface area contributed by atoms with Gasteiger partial charge in [-0.3, -0.25) is 0 Å². The highest BCUT2D eigenvalue weighted by Gasteiger charge is 2.11. The van der Waals surface area contributed by atoms with Gasteiger partial charge >= 0.3 is 0 Å². The summed E-state index contributed by atoms with van der Waals surface area (Å²) in [4.78, 5) is 0. The molecular weight excluding hydrogens is 120 g/mol. The van der Waals surface area contributed by atoms with E-state index in [2.05, 4.69) is 26.0 Å². The summed E-state index contributed by atoms with van der Waals surface area (Å²) in [5.41, 5.74) is 0. The normalized spacial score (nSPS) is 29.6. The van der Waals surface area contributed by atoms with E-state index in [0.29, 0.717) is 0 Å². The number of rotatable bonds is 1. The second kappa shape index (κ2) is 5.52. The molecule has 0 heteroatoms. The molecule has 0 fully saturated rings. The Morgan fingerprint density at radius 2 is 1.90 bits per heavy atom. The van der Waals surface area contributed by atoms with Gasteiger partial charge in [-0.2, -0.15) is 0 Å². The van der Waals surface area contributed by atoms with Gasteiger partial charge in [-0.1, -0.05) is 39.8 Å². The first kappa shape index (κ1) is 9.74. The zero-order valence-electron chi connectivity index (χ0n) is 7.72. The van der Waals surface area contributed by atoms with E-state index >= 15 is 0 Å². The van der Waals surface area contributed by atoms with Crippen molar-refractivity contribution in [3.8, 4) is 0 Å². The Kier molecular flexibility index (Phi) is 5.38. The molecule has 10 heavy (non-hydrogen) atoms. The van der Waals surface area contributed by atoms with E-state index in [-0.39, 0.29) is 0 Å². The highest BCUT2D eigenvalue weighted by Crippen LogP contribution is 2.24. The lowest BCUT2D eigenvalue weighted by atomic mass is 10.0. The van der Waals surface area contributed by atoms with Crippen LogP contribution in [0.25, 0.3) is 0 Å². The highest BCUT2D eigenvalue weighted by atomic mass is 14.2. The first-order chi connectivity index (χ1) is 4.83. The van der Waals surface area contributed by atoms with Crippen molar-refractivity contribution in [1.29, 1.82) is 0 Å². The maximum atomic E-state index is 2.35. The van der Waals surface area contributed by atoms with Crippen molar-refractivity contribution in [1.82, 2.24) is 0 Å². The van der Waals surface area contributed by atoms with Gasteiger partial charge < -0.3 is 0 Å². The fourth-order valence-electron chi connectivity index (χ4n) is 1.28. The third kappa shape index (κ3) is 3.05. The van der Waals surface area contributed by atoms with E-state index in [1.165, 1.54) is 12.8 Å². The SMILES string of the molecule is CC.CCC1C=CC(C)C1. The van der Waals surface area contributed by atoms with Gasteiger partial charge in [0.1, 0.15) is 0 Å². The maximum Gasteiger partial charge on any atom is -0.0231 e. The summed E-state index contributed by atoms with van der Waals surface area (Å²) in [5, 5.41) is 0.